The van der Waals surface area contributed by atoms with E-state index >= 15 is 0 Å². The van der Waals surface area contributed by atoms with E-state index in [-0.39, 0.29) is 0 Å². The highest BCUT2D eigenvalue weighted by Crippen LogP contribution is 2.19. The van der Waals surface area contributed by atoms with Crippen molar-refractivity contribution in [3.05, 3.63) is 64.1 Å². The minimum atomic E-state index is -1.29. The molecule has 0 aliphatic rings. The number of aryl methyl sites for hydroxylation is 1. The normalized spacial score (nSPS) is 11.2. The first-order valence-corrected chi connectivity index (χ1v) is 6.12. The predicted octanol–water partition coefficient (Wildman–Crippen LogP) is 2.20. The monoisotopic (exact) mass is 293 g/mol. The number of aromatic nitrogens is 3. The second-order valence-electron chi connectivity index (χ2n) is 4.61. The van der Waals surface area contributed by atoms with Gasteiger partial charge in [-0.3, -0.25) is 14.1 Å². The quantitative estimate of drug-likeness (QED) is 0.680. The van der Waals surface area contributed by atoms with E-state index in [1.807, 2.05) is 0 Å². The van der Waals surface area contributed by atoms with Gasteiger partial charge in [0.05, 0.1) is 23.8 Å². The summed E-state index contributed by atoms with van der Waals surface area (Å²) in [6.45, 7) is -0.405. The smallest absolute Gasteiger partial charge is 0.295 e. The number of hydrogen-bond acceptors (Lipinski definition) is 2. The Morgan fingerprint density at radius 1 is 1.10 bits per heavy atom. The van der Waals surface area contributed by atoms with Crippen molar-refractivity contribution >= 4 is 11.0 Å². The zero-order valence-electron chi connectivity index (χ0n) is 11.0. The number of benzene rings is 1. The Kier molecular flexibility index (Phi) is 3.04. The number of hydrogen-bond donors (Lipinski definition) is 0. The van der Waals surface area contributed by atoms with Crippen molar-refractivity contribution in [3.63, 3.8) is 0 Å². The fourth-order valence-corrected chi connectivity index (χ4v) is 2.28. The average Bonchev–Trinajstić information content (AvgIpc) is 2.72. The SMILES string of the molecule is Cn1c(=O)n(Cc2c(F)ccc(F)c2F)c2cnccc21. The van der Waals surface area contributed by atoms with Crippen molar-refractivity contribution < 1.29 is 13.2 Å². The van der Waals surface area contributed by atoms with E-state index in [0.29, 0.717) is 17.1 Å². The molecule has 0 atom stereocenters. The first kappa shape index (κ1) is 13.4. The van der Waals surface area contributed by atoms with Gasteiger partial charge in [0.15, 0.2) is 11.6 Å². The summed E-state index contributed by atoms with van der Waals surface area (Å²) in [6, 6.07) is 3.16. The lowest BCUT2D eigenvalue weighted by molar-refractivity contribution is 0.474. The van der Waals surface area contributed by atoms with Crippen LogP contribution in [0.3, 0.4) is 0 Å². The molecule has 0 aliphatic heterocycles. The number of rotatable bonds is 2. The van der Waals surface area contributed by atoms with Crippen LogP contribution in [0.25, 0.3) is 11.0 Å². The number of pyridine rings is 1. The molecule has 1 aromatic carbocycles. The Morgan fingerprint density at radius 3 is 2.57 bits per heavy atom. The largest absolute Gasteiger partial charge is 0.329 e. The standard InChI is InChI=1S/C14H10F3N3O/c1-19-11-4-5-18-6-12(11)20(14(19)21)7-8-9(15)2-3-10(16)13(8)17/h2-6H,7H2,1H3. The van der Waals surface area contributed by atoms with Crippen LogP contribution in [0, 0.1) is 17.5 Å². The van der Waals surface area contributed by atoms with Gasteiger partial charge < -0.3 is 0 Å². The highest BCUT2D eigenvalue weighted by Gasteiger charge is 2.18. The van der Waals surface area contributed by atoms with Gasteiger partial charge in [0, 0.05) is 18.8 Å². The molecule has 2 heterocycles. The zero-order chi connectivity index (χ0) is 15.1. The van der Waals surface area contributed by atoms with Crippen LogP contribution in [0.15, 0.2) is 35.4 Å². The van der Waals surface area contributed by atoms with Crippen LogP contribution in [-0.4, -0.2) is 14.1 Å². The zero-order valence-corrected chi connectivity index (χ0v) is 11.0. The van der Waals surface area contributed by atoms with E-state index < -0.39 is 35.2 Å². The molecule has 21 heavy (non-hydrogen) atoms. The van der Waals surface area contributed by atoms with E-state index in [4.69, 9.17) is 0 Å². The van der Waals surface area contributed by atoms with Crippen molar-refractivity contribution in [2.45, 2.75) is 6.54 Å². The van der Waals surface area contributed by atoms with Gasteiger partial charge in [-0.1, -0.05) is 0 Å². The van der Waals surface area contributed by atoms with E-state index in [9.17, 15) is 18.0 Å². The van der Waals surface area contributed by atoms with Gasteiger partial charge in [-0.15, -0.1) is 0 Å². The lowest BCUT2D eigenvalue weighted by Gasteiger charge is -2.07. The lowest BCUT2D eigenvalue weighted by Crippen LogP contribution is -2.23. The van der Waals surface area contributed by atoms with Crippen molar-refractivity contribution in [1.29, 1.82) is 0 Å². The van der Waals surface area contributed by atoms with Gasteiger partial charge in [-0.25, -0.2) is 18.0 Å². The number of nitrogens with zero attached hydrogens (tertiary/aromatic N) is 3. The van der Waals surface area contributed by atoms with Gasteiger partial charge in [0.2, 0.25) is 0 Å². The molecular formula is C14H10F3N3O. The van der Waals surface area contributed by atoms with Gasteiger partial charge in [0.1, 0.15) is 5.82 Å². The average molecular weight is 293 g/mol. The summed E-state index contributed by atoms with van der Waals surface area (Å²) in [5, 5.41) is 0. The van der Waals surface area contributed by atoms with Crippen molar-refractivity contribution in [2.24, 2.45) is 7.05 Å². The maximum Gasteiger partial charge on any atom is 0.329 e. The first-order chi connectivity index (χ1) is 10.0. The molecule has 0 fully saturated rings. The maximum absolute atomic E-state index is 13.7. The molecule has 0 bridgehead atoms. The van der Waals surface area contributed by atoms with Gasteiger partial charge in [0.25, 0.3) is 0 Å². The molecule has 0 saturated carbocycles. The van der Waals surface area contributed by atoms with Crippen LogP contribution in [0.1, 0.15) is 5.56 Å². The van der Waals surface area contributed by atoms with Crippen LogP contribution in [0.5, 0.6) is 0 Å². The fraction of sp³-hybridized carbons (Fsp3) is 0.143. The molecule has 0 radical (unpaired) electrons. The summed E-state index contributed by atoms with van der Waals surface area (Å²) in [5.74, 6) is -3.35. The molecule has 0 amide bonds. The summed E-state index contributed by atoms with van der Waals surface area (Å²) in [5.41, 5.74) is 0.0507. The summed E-state index contributed by atoms with van der Waals surface area (Å²) >= 11 is 0. The van der Waals surface area contributed by atoms with Gasteiger partial charge in [-0.05, 0) is 18.2 Å². The van der Waals surface area contributed by atoms with Crippen molar-refractivity contribution in [3.8, 4) is 0 Å². The molecule has 4 nitrogen and oxygen atoms in total. The minimum Gasteiger partial charge on any atom is -0.295 e. The molecule has 0 spiro atoms. The van der Waals surface area contributed by atoms with E-state index in [2.05, 4.69) is 4.98 Å². The summed E-state index contributed by atoms with van der Waals surface area (Å²) in [6.07, 6.45) is 2.93. The van der Waals surface area contributed by atoms with Crippen LogP contribution < -0.4 is 5.69 Å². The fourth-order valence-electron chi connectivity index (χ4n) is 2.28. The van der Waals surface area contributed by atoms with E-state index in [1.165, 1.54) is 17.0 Å². The maximum atomic E-state index is 13.7. The Labute approximate surface area is 117 Å². The third-order valence-electron chi connectivity index (χ3n) is 3.40. The Morgan fingerprint density at radius 2 is 1.81 bits per heavy atom. The highest BCUT2D eigenvalue weighted by molar-refractivity contribution is 5.74. The summed E-state index contributed by atoms with van der Waals surface area (Å²) in [4.78, 5) is 16.1. The first-order valence-electron chi connectivity index (χ1n) is 6.12. The molecule has 2 aromatic heterocycles. The van der Waals surface area contributed by atoms with Crippen molar-refractivity contribution in [2.75, 3.05) is 0 Å². The van der Waals surface area contributed by atoms with Crippen LogP contribution in [0.2, 0.25) is 0 Å². The van der Waals surface area contributed by atoms with E-state index in [1.54, 1.807) is 13.1 Å². The Hall–Kier alpha value is -2.57. The molecule has 0 saturated heterocycles. The van der Waals surface area contributed by atoms with E-state index in [0.717, 1.165) is 10.6 Å². The molecule has 108 valence electrons. The third-order valence-corrected chi connectivity index (χ3v) is 3.40. The van der Waals surface area contributed by atoms with Crippen LogP contribution in [-0.2, 0) is 13.6 Å². The summed E-state index contributed by atoms with van der Waals surface area (Å²) in [7, 11) is 1.54. The van der Waals surface area contributed by atoms with Gasteiger partial charge >= 0.3 is 5.69 Å². The molecule has 3 aromatic rings. The van der Waals surface area contributed by atoms with Crippen LogP contribution in [0.4, 0.5) is 13.2 Å². The molecule has 0 N–H and O–H groups in total. The predicted molar refractivity (Wildman–Crippen MR) is 70.4 cm³/mol. The second-order valence-corrected chi connectivity index (χ2v) is 4.61. The Bertz CT molecular complexity index is 898. The molecular weight excluding hydrogens is 283 g/mol. The molecule has 0 aliphatic carbocycles. The topological polar surface area (TPSA) is 39.8 Å². The molecule has 3 rings (SSSR count). The molecule has 7 heteroatoms. The van der Waals surface area contributed by atoms with Gasteiger partial charge in [-0.2, -0.15) is 0 Å². The Balaban J connectivity index is 2.22. The highest BCUT2D eigenvalue weighted by atomic mass is 19.2. The second kappa shape index (κ2) is 4.76. The number of halogens is 3. The lowest BCUT2D eigenvalue weighted by atomic mass is 10.2. The summed E-state index contributed by atoms with van der Waals surface area (Å²) < 4.78 is 43.2. The molecule has 0 unspecified atom stereocenters. The van der Waals surface area contributed by atoms with Crippen molar-refractivity contribution in [1.82, 2.24) is 14.1 Å². The minimum absolute atomic E-state index is 0.405. The van der Waals surface area contributed by atoms with Crippen LogP contribution >= 0.6 is 0 Å². The third kappa shape index (κ3) is 2.01. The number of fused-ring (bicyclic) bond motifs is 1. The number of imidazole rings is 1.